The summed E-state index contributed by atoms with van der Waals surface area (Å²) in [5.74, 6) is 1.40. The van der Waals surface area contributed by atoms with Crippen molar-refractivity contribution in [1.29, 1.82) is 0 Å². The lowest BCUT2D eigenvalue weighted by molar-refractivity contribution is 0.248. The van der Waals surface area contributed by atoms with Crippen LogP contribution in [0.1, 0.15) is 19.4 Å². The molecule has 0 aliphatic carbocycles. The van der Waals surface area contributed by atoms with Crippen molar-refractivity contribution in [3.8, 4) is 11.4 Å². The second-order valence-corrected chi connectivity index (χ2v) is 7.75. The first-order chi connectivity index (χ1) is 13.5. The van der Waals surface area contributed by atoms with Gasteiger partial charge in [-0.15, -0.1) is 0 Å². The summed E-state index contributed by atoms with van der Waals surface area (Å²) in [7, 11) is 0. The van der Waals surface area contributed by atoms with Crippen molar-refractivity contribution in [2.75, 3.05) is 17.2 Å². The van der Waals surface area contributed by atoms with Crippen molar-refractivity contribution in [3.05, 3.63) is 64.8 Å². The second-order valence-electron chi connectivity index (χ2n) is 6.83. The molecule has 0 spiro atoms. The van der Waals surface area contributed by atoms with E-state index < -0.39 is 0 Å². The fourth-order valence-electron chi connectivity index (χ4n) is 2.63. The zero-order valence-corrected chi connectivity index (χ0v) is 17.5. The number of benzene rings is 1. The van der Waals surface area contributed by atoms with Crippen LogP contribution in [0, 0.1) is 5.92 Å². The molecule has 2 heterocycles. The maximum atomic E-state index is 9.64. The monoisotopic (exact) mass is 441 g/mol. The highest BCUT2D eigenvalue weighted by atomic mass is 79.9. The summed E-state index contributed by atoms with van der Waals surface area (Å²) in [5.41, 5.74) is 2.63. The first kappa shape index (κ1) is 20.2. The molecule has 146 valence electrons. The predicted molar refractivity (Wildman–Crippen MR) is 116 cm³/mol. The van der Waals surface area contributed by atoms with Gasteiger partial charge in [0, 0.05) is 23.3 Å². The van der Waals surface area contributed by atoms with Crippen LogP contribution in [0.2, 0.25) is 0 Å². The summed E-state index contributed by atoms with van der Waals surface area (Å²) in [4.78, 5) is 13.6. The van der Waals surface area contributed by atoms with Gasteiger partial charge < -0.3 is 15.7 Å². The molecule has 0 saturated heterocycles. The maximum Gasteiger partial charge on any atom is 0.225 e. The summed E-state index contributed by atoms with van der Waals surface area (Å²) in [6, 6.07) is 15.6. The van der Waals surface area contributed by atoms with Crippen LogP contribution in [-0.2, 0) is 6.54 Å². The number of nitrogens with one attached hydrogen (secondary N) is 2. The number of halogens is 1. The molecule has 1 aromatic carbocycles. The Morgan fingerprint density at radius 1 is 1.04 bits per heavy atom. The maximum absolute atomic E-state index is 9.64. The molecule has 3 aromatic rings. The van der Waals surface area contributed by atoms with Gasteiger partial charge in [0.05, 0.1) is 24.0 Å². The SMILES string of the molecule is CC(C)[C@@H](CO)Nc1nc(NCc2ccc(Br)cc2)cc(-c2ccccn2)n1. The fraction of sp³-hybridized carbons (Fsp3) is 0.286. The highest BCUT2D eigenvalue weighted by Crippen LogP contribution is 2.21. The molecule has 0 fully saturated rings. The van der Waals surface area contributed by atoms with E-state index in [1.807, 2.05) is 50.2 Å². The number of hydrogen-bond acceptors (Lipinski definition) is 6. The number of aliphatic hydroxyl groups excluding tert-OH is 1. The van der Waals surface area contributed by atoms with Crippen LogP contribution in [0.15, 0.2) is 59.2 Å². The van der Waals surface area contributed by atoms with Gasteiger partial charge in [-0.1, -0.05) is 48.0 Å². The van der Waals surface area contributed by atoms with Gasteiger partial charge >= 0.3 is 0 Å². The largest absolute Gasteiger partial charge is 0.394 e. The zero-order valence-electron chi connectivity index (χ0n) is 15.9. The Morgan fingerprint density at radius 3 is 2.46 bits per heavy atom. The average Bonchev–Trinajstić information content (AvgIpc) is 2.72. The molecule has 7 heteroatoms. The Labute approximate surface area is 173 Å². The number of rotatable bonds is 8. The molecule has 0 bridgehead atoms. The van der Waals surface area contributed by atoms with Gasteiger partial charge in [-0.3, -0.25) is 4.98 Å². The first-order valence-electron chi connectivity index (χ1n) is 9.21. The van der Waals surface area contributed by atoms with Crippen molar-refractivity contribution >= 4 is 27.7 Å². The first-order valence-corrected chi connectivity index (χ1v) is 10.0. The zero-order chi connectivity index (χ0) is 19.9. The van der Waals surface area contributed by atoms with Crippen LogP contribution in [-0.4, -0.2) is 32.7 Å². The van der Waals surface area contributed by atoms with Crippen LogP contribution in [0.25, 0.3) is 11.4 Å². The molecule has 1 atom stereocenters. The minimum atomic E-state index is -0.127. The van der Waals surface area contributed by atoms with E-state index in [4.69, 9.17) is 0 Å². The molecule has 0 aliphatic rings. The van der Waals surface area contributed by atoms with Gasteiger partial charge in [0.25, 0.3) is 0 Å². The van der Waals surface area contributed by atoms with Gasteiger partial charge in [0.2, 0.25) is 5.95 Å². The number of nitrogens with zero attached hydrogens (tertiary/aromatic N) is 3. The number of pyridine rings is 1. The minimum absolute atomic E-state index is 0.0104. The van der Waals surface area contributed by atoms with Crippen molar-refractivity contribution in [1.82, 2.24) is 15.0 Å². The summed E-state index contributed by atoms with van der Waals surface area (Å²) in [6.07, 6.45) is 1.74. The van der Waals surface area contributed by atoms with E-state index >= 15 is 0 Å². The normalized spacial score (nSPS) is 12.0. The van der Waals surface area contributed by atoms with E-state index in [2.05, 4.69) is 53.6 Å². The number of aliphatic hydroxyl groups is 1. The molecule has 3 N–H and O–H groups in total. The summed E-state index contributed by atoms with van der Waals surface area (Å²) in [5, 5.41) is 16.2. The van der Waals surface area contributed by atoms with Gasteiger partial charge in [-0.2, -0.15) is 4.98 Å². The van der Waals surface area contributed by atoms with E-state index in [0.717, 1.165) is 21.4 Å². The Kier molecular flexibility index (Phi) is 6.95. The van der Waals surface area contributed by atoms with Gasteiger partial charge in [-0.05, 0) is 35.7 Å². The Bertz CT molecular complexity index is 887. The molecule has 0 amide bonds. The van der Waals surface area contributed by atoms with Crippen LogP contribution in [0.3, 0.4) is 0 Å². The molecule has 3 rings (SSSR count). The molecular formula is C21H24BrN5O. The quantitative estimate of drug-likeness (QED) is 0.482. The Morgan fingerprint density at radius 2 is 1.82 bits per heavy atom. The molecule has 6 nitrogen and oxygen atoms in total. The molecule has 0 saturated carbocycles. The fourth-order valence-corrected chi connectivity index (χ4v) is 2.90. The predicted octanol–water partition coefficient (Wildman–Crippen LogP) is 4.34. The van der Waals surface area contributed by atoms with Crippen molar-refractivity contribution < 1.29 is 5.11 Å². The number of anilines is 2. The third-order valence-electron chi connectivity index (χ3n) is 4.36. The van der Waals surface area contributed by atoms with Crippen LogP contribution < -0.4 is 10.6 Å². The second kappa shape index (κ2) is 9.61. The molecular weight excluding hydrogens is 418 g/mol. The topological polar surface area (TPSA) is 83.0 Å². The molecule has 0 radical (unpaired) electrons. The van der Waals surface area contributed by atoms with E-state index in [1.165, 1.54) is 0 Å². The average molecular weight is 442 g/mol. The highest BCUT2D eigenvalue weighted by Gasteiger charge is 2.15. The highest BCUT2D eigenvalue weighted by molar-refractivity contribution is 9.10. The smallest absolute Gasteiger partial charge is 0.225 e. The number of aromatic nitrogens is 3. The van der Waals surface area contributed by atoms with E-state index in [-0.39, 0.29) is 18.6 Å². The molecule has 0 unspecified atom stereocenters. The molecule has 28 heavy (non-hydrogen) atoms. The van der Waals surface area contributed by atoms with Crippen LogP contribution in [0.4, 0.5) is 11.8 Å². The Hall–Kier alpha value is -2.51. The number of hydrogen-bond donors (Lipinski definition) is 3. The van der Waals surface area contributed by atoms with E-state index in [0.29, 0.717) is 18.3 Å². The lowest BCUT2D eigenvalue weighted by Crippen LogP contribution is -2.30. The lowest BCUT2D eigenvalue weighted by Gasteiger charge is -2.20. The van der Waals surface area contributed by atoms with Crippen molar-refractivity contribution in [3.63, 3.8) is 0 Å². The van der Waals surface area contributed by atoms with Crippen LogP contribution >= 0.6 is 15.9 Å². The Balaban J connectivity index is 1.87. The standard InChI is InChI=1S/C21H24BrN5O/c1-14(2)19(13-28)26-21-25-18(17-5-3-4-10-23-17)11-20(27-21)24-12-15-6-8-16(22)9-7-15/h3-11,14,19,28H,12-13H2,1-2H3,(H2,24,25,26,27)/t19-/m1/s1. The van der Waals surface area contributed by atoms with Crippen molar-refractivity contribution in [2.45, 2.75) is 26.4 Å². The molecule has 2 aromatic heterocycles. The summed E-state index contributed by atoms with van der Waals surface area (Å²) in [6.45, 7) is 4.74. The van der Waals surface area contributed by atoms with Crippen LogP contribution in [0.5, 0.6) is 0 Å². The van der Waals surface area contributed by atoms with Gasteiger partial charge in [-0.25, -0.2) is 4.98 Å². The summed E-state index contributed by atoms with van der Waals surface area (Å²) < 4.78 is 1.05. The van der Waals surface area contributed by atoms with Crippen molar-refractivity contribution in [2.24, 2.45) is 5.92 Å². The third kappa shape index (κ3) is 5.50. The van der Waals surface area contributed by atoms with Gasteiger partial charge in [0.15, 0.2) is 0 Å². The minimum Gasteiger partial charge on any atom is -0.394 e. The van der Waals surface area contributed by atoms with Gasteiger partial charge in [0.1, 0.15) is 5.82 Å². The third-order valence-corrected chi connectivity index (χ3v) is 4.88. The van der Waals surface area contributed by atoms with E-state index in [1.54, 1.807) is 6.20 Å². The summed E-state index contributed by atoms with van der Waals surface area (Å²) >= 11 is 3.45. The lowest BCUT2D eigenvalue weighted by atomic mass is 10.1. The molecule has 0 aliphatic heterocycles. The van der Waals surface area contributed by atoms with E-state index in [9.17, 15) is 5.11 Å².